The minimum absolute atomic E-state index is 0.198. The number of benzene rings is 2. The molecule has 1 unspecified atom stereocenters. The summed E-state index contributed by atoms with van der Waals surface area (Å²) in [5.41, 5.74) is 2.12. The molecule has 1 amide bonds. The largest absolute Gasteiger partial charge is 0.479 e. The molecule has 1 atom stereocenters. The Hall–Kier alpha value is -2.86. The number of nitrogens with one attached hydrogen (secondary N) is 1. The van der Waals surface area contributed by atoms with Crippen LogP contribution in [0.4, 0.5) is 0 Å². The molecule has 1 heterocycles. The zero-order valence-electron chi connectivity index (χ0n) is 14.3. The van der Waals surface area contributed by atoms with Crippen LogP contribution in [0.2, 0.25) is 5.02 Å². The second kappa shape index (κ2) is 8.49. The highest BCUT2D eigenvalue weighted by molar-refractivity contribution is 6.32. The molecule has 0 saturated heterocycles. The van der Waals surface area contributed by atoms with Gasteiger partial charge in [0.15, 0.2) is 6.10 Å². The van der Waals surface area contributed by atoms with Crippen molar-refractivity contribution in [1.82, 2.24) is 20.1 Å². The van der Waals surface area contributed by atoms with Crippen LogP contribution in [-0.2, 0) is 17.9 Å². The Labute approximate surface area is 156 Å². The maximum atomic E-state index is 12.2. The number of para-hydroxylation sites is 1. The lowest BCUT2D eigenvalue weighted by Gasteiger charge is -2.15. The highest BCUT2D eigenvalue weighted by Gasteiger charge is 2.15. The molecule has 0 spiro atoms. The molecule has 1 N–H and O–H groups in total. The lowest BCUT2D eigenvalue weighted by molar-refractivity contribution is -0.127. The summed E-state index contributed by atoms with van der Waals surface area (Å²) in [6.07, 6.45) is 2.55. The number of nitrogens with zero attached hydrogens (tertiary/aromatic N) is 3. The number of ether oxygens (including phenoxy) is 1. The Bertz CT molecular complexity index is 850. The number of carbonyl (C=O) groups is 1. The van der Waals surface area contributed by atoms with Gasteiger partial charge in [0.1, 0.15) is 18.4 Å². The standard InChI is InChI=1S/C19H19ClN4O2/c1-14(26-18-5-3-2-4-17(18)20)19(25)22-10-15-6-8-16(9-7-15)11-24-13-21-12-23-24/h2-9,12-14H,10-11H2,1H3,(H,22,25). The van der Waals surface area contributed by atoms with Crippen molar-refractivity contribution in [2.75, 3.05) is 0 Å². The summed E-state index contributed by atoms with van der Waals surface area (Å²) in [5, 5.41) is 7.43. The monoisotopic (exact) mass is 370 g/mol. The van der Waals surface area contributed by atoms with Gasteiger partial charge >= 0.3 is 0 Å². The molecule has 2 aromatic carbocycles. The molecule has 7 heteroatoms. The minimum atomic E-state index is -0.638. The van der Waals surface area contributed by atoms with E-state index in [0.717, 1.165) is 11.1 Å². The second-order valence-corrected chi connectivity index (χ2v) is 6.23. The van der Waals surface area contributed by atoms with Crippen LogP contribution in [0.3, 0.4) is 0 Å². The summed E-state index contributed by atoms with van der Waals surface area (Å²) in [4.78, 5) is 16.1. The fourth-order valence-electron chi connectivity index (χ4n) is 2.38. The van der Waals surface area contributed by atoms with Crippen LogP contribution in [0.25, 0.3) is 0 Å². The Morgan fingerprint density at radius 2 is 1.92 bits per heavy atom. The summed E-state index contributed by atoms with van der Waals surface area (Å²) >= 11 is 6.04. The molecular weight excluding hydrogens is 352 g/mol. The van der Waals surface area contributed by atoms with Gasteiger partial charge in [-0.1, -0.05) is 48.0 Å². The van der Waals surface area contributed by atoms with E-state index in [1.807, 2.05) is 36.4 Å². The predicted molar refractivity (Wildman–Crippen MR) is 99.0 cm³/mol. The molecule has 3 rings (SSSR count). The second-order valence-electron chi connectivity index (χ2n) is 5.82. The minimum Gasteiger partial charge on any atom is -0.479 e. The summed E-state index contributed by atoms with van der Waals surface area (Å²) in [5.74, 6) is 0.297. The quantitative estimate of drug-likeness (QED) is 0.694. The first-order chi connectivity index (χ1) is 12.6. The van der Waals surface area contributed by atoms with Gasteiger partial charge in [-0.25, -0.2) is 9.67 Å². The topological polar surface area (TPSA) is 69.0 Å². The maximum absolute atomic E-state index is 12.2. The first-order valence-electron chi connectivity index (χ1n) is 8.21. The Morgan fingerprint density at radius 1 is 1.19 bits per heavy atom. The average molecular weight is 371 g/mol. The van der Waals surface area contributed by atoms with Gasteiger partial charge in [-0.2, -0.15) is 5.10 Å². The van der Waals surface area contributed by atoms with E-state index >= 15 is 0 Å². The van der Waals surface area contributed by atoms with Gasteiger partial charge < -0.3 is 10.1 Å². The average Bonchev–Trinajstić information content (AvgIpc) is 3.16. The third-order valence-electron chi connectivity index (χ3n) is 3.81. The van der Waals surface area contributed by atoms with Crippen molar-refractivity contribution >= 4 is 17.5 Å². The van der Waals surface area contributed by atoms with Crippen LogP contribution in [0.5, 0.6) is 5.75 Å². The van der Waals surface area contributed by atoms with Gasteiger partial charge in [-0.3, -0.25) is 4.79 Å². The molecule has 3 aromatic rings. The van der Waals surface area contributed by atoms with Crippen molar-refractivity contribution in [2.24, 2.45) is 0 Å². The van der Waals surface area contributed by atoms with E-state index in [2.05, 4.69) is 15.4 Å². The molecule has 0 aliphatic rings. The normalized spacial score (nSPS) is 11.8. The van der Waals surface area contributed by atoms with E-state index < -0.39 is 6.10 Å². The summed E-state index contributed by atoms with van der Waals surface area (Å²) in [6.45, 7) is 2.79. The smallest absolute Gasteiger partial charge is 0.261 e. The molecule has 0 saturated carbocycles. The number of rotatable bonds is 7. The first-order valence-corrected chi connectivity index (χ1v) is 8.59. The molecule has 0 fully saturated rings. The number of hydrogen-bond acceptors (Lipinski definition) is 4. The maximum Gasteiger partial charge on any atom is 0.261 e. The molecule has 0 aliphatic heterocycles. The van der Waals surface area contributed by atoms with Crippen LogP contribution in [0.15, 0.2) is 61.2 Å². The molecular formula is C19H19ClN4O2. The molecule has 6 nitrogen and oxygen atoms in total. The SMILES string of the molecule is CC(Oc1ccccc1Cl)C(=O)NCc1ccc(Cn2cncn2)cc1. The number of amides is 1. The van der Waals surface area contributed by atoms with E-state index in [0.29, 0.717) is 23.9 Å². The molecule has 0 aliphatic carbocycles. The van der Waals surface area contributed by atoms with Gasteiger partial charge in [0.05, 0.1) is 11.6 Å². The molecule has 1 aromatic heterocycles. The van der Waals surface area contributed by atoms with Crippen molar-refractivity contribution in [3.8, 4) is 5.75 Å². The fourth-order valence-corrected chi connectivity index (χ4v) is 2.56. The lowest BCUT2D eigenvalue weighted by atomic mass is 10.1. The van der Waals surface area contributed by atoms with E-state index in [1.54, 1.807) is 30.1 Å². The summed E-state index contributed by atoms with van der Waals surface area (Å²) in [7, 11) is 0. The van der Waals surface area contributed by atoms with Gasteiger partial charge in [-0.15, -0.1) is 0 Å². The van der Waals surface area contributed by atoms with Crippen molar-refractivity contribution in [1.29, 1.82) is 0 Å². The predicted octanol–water partition coefficient (Wildman–Crippen LogP) is 3.06. The summed E-state index contributed by atoms with van der Waals surface area (Å²) < 4.78 is 7.37. The van der Waals surface area contributed by atoms with Gasteiger partial charge in [0.25, 0.3) is 5.91 Å². The van der Waals surface area contributed by atoms with Crippen molar-refractivity contribution in [2.45, 2.75) is 26.1 Å². The van der Waals surface area contributed by atoms with E-state index in [-0.39, 0.29) is 5.91 Å². The number of carbonyl (C=O) groups excluding carboxylic acids is 1. The highest BCUT2D eigenvalue weighted by atomic mass is 35.5. The number of aromatic nitrogens is 3. The van der Waals surface area contributed by atoms with Crippen LogP contribution in [0, 0.1) is 0 Å². The Kier molecular flexibility index (Phi) is 5.86. The fraction of sp³-hybridized carbons (Fsp3) is 0.211. The van der Waals surface area contributed by atoms with Crippen LogP contribution < -0.4 is 10.1 Å². The van der Waals surface area contributed by atoms with Gasteiger partial charge in [0.2, 0.25) is 0 Å². The van der Waals surface area contributed by atoms with Crippen molar-refractivity contribution < 1.29 is 9.53 Å². The van der Waals surface area contributed by atoms with Gasteiger partial charge in [-0.05, 0) is 30.2 Å². The van der Waals surface area contributed by atoms with Crippen LogP contribution >= 0.6 is 11.6 Å². The zero-order chi connectivity index (χ0) is 18.4. The Morgan fingerprint density at radius 3 is 2.62 bits per heavy atom. The lowest BCUT2D eigenvalue weighted by Crippen LogP contribution is -2.35. The van der Waals surface area contributed by atoms with Crippen molar-refractivity contribution in [3.05, 3.63) is 77.3 Å². The highest BCUT2D eigenvalue weighted by Crippen LogP contribution is 2.24. The van der Waals surface area contributed by atoms with E-state index in [9.17, 15) is 4.79 Å². The summed E-state index contributed by atoms with van der Waals surface area (Å²) in [6, 6.07) is 15.1. The zero-order valence-corrected chi connectivity index (χ0v) is 15.1. The third kappa shape index (κ3) is 4.83. The van der Waals surface area contributed by atoms with Gasteiger partial charge in [0, 0.05) is 6.54 Å². The van der Waals surface area contributed by atoms with Crippen molar-refractivity contribution in [3.63, 3.8) is 0 Å². The van der Waals surface area contributed by atoms with Crippen LogP contribution in [0.1, 0.15) is 18.1 Å². The molecule has 0 bridgehead atoms. The third-order valence-corrected chi connectivity index (χ3v) is 4.12. The first kappa shape index (κ1) is 17.9. The molecule has 26 heavy (non-hydrogen) atoms. The number of hydrogen-bond donors (Lipinski definition) is 1. The Balaban J connectivity index is 1.50. The van der Waals surface area contributed by atoms with Crippen LogP contribution in [-0.4, -0.2) is 26.8 Å². The van der Waals surface area contributed by atoms with E-state index in [1.165, 1.54) is 6.33 Å². The molecule has 134 valence electrons. The number of halogens is 1. The molecule has 0 radical (unpaired) electrons. The van der Waals surface area contributed by atoms with E-state index in [4.69, 9.17) is 16.3 Å².